The molecule has 1 fully saturated rings. The molecule has 1 aromatic carbocycles. The maximum Gasteiger partial charge on any atom is 0.251 e. The summed E-state index contributed by atoms with van der Waals surface area (Å²) in [6.45, 7) is 4.86. The highest BCUT2D eigenvalue weighted by atomic mass is 35.5. The fourth-order valence-corrected chi connectivity index (χ4v) is 2.57. The number of benzene rings is 1. The van der Waals surface area contributed by atoms with Crippen LogP contribution in [0.4, 0.5) is 0 Å². The van der Waals surface area contributed by atoms with Crippen molar-refractivity contribution in [2.24, 2.45) is 5.92 Å². The summed E-state index contributed by atoms with van der Waals surface area (Å²) in [6.07, 6.45) is 3.56. The first-order valence-electron chi connectivity index (χ1n) is 6.92. The predicted molar refractivity (Wildman–Crippen MR) is 78.7 cm³/mol. The molecular weight excluding hydrogens is 260 g/mol. The van der Waals surface area contributed by atoms with E-state index in [1.165, 1.54) is 12.8 Å². The smallest absolute Gasteiger partial charge is 0.251 e. The van der Waals surface area contributed by atoms with Crippen molar-refractivity contribution in [1.82, 2.24) is 10.6 Å². The van der Waals surface area contributed by atoms with Crippen LogP contribution in [-0.2, 0) is 0 Å². The van der Waals surface area contributed by atoms with Crippen LogP contribution in [0.2, 0.25) is 5.02 Å². The highest BCUT2D eigenvalue weighted by Crippen LogP contribution is 2.16. The molecule has 0 saturated carbocycles. The summed E-state index contributed by atoms with van der Waals surface area (Å²) in [5, 5.41) is 7.07. The van der Waals surface area contributed by atoms with Gasteiger partial charge in [0.05, 0.1) is 0 Å². The minimum atomic E-state index is -0.0106. The molecule has 1 amide bonds. The third kappa shape index (κ3) is 4.22. The van der Waals surface area contributed by atoms with Gasteiger partial charge in [0, 0.05) is 17.1 Å². The van der Waals surface area contributed by atoms with Crippen LogP contribution in [0.15, 0.2) is 18.2 Å². The topological polar surface area (TPSA) is 41.1 Å². The first kappa shape index (κ1) is 14.4. The Bertz CT molecular complexity index is 442. The Morgan fingerprint density at radius 3 is 3.05 bits per heavy atom. The molecule has 19 heavy (non-hydrogen) atoms. The van der Waals surface area contributed by atoms with Crippen molar-refractivity contribution >= 4 is 17.5 Å². The standard InChI is InChI=1S/C15H21ClN2O/c1-11-9-13(4-5-14(11)16)15(19)18-8-6-12-3-2-7-17-10-12/h4-5,9,12,17H,2-3,6-8,10H2,1H3,(H,18,19). The maximum absolute atomic E-state index is 12.0. The molecule has 0 radical (unpaired) electrons. The molecule has 2 rings (SSSR count). The number of carbonyl (C=O) groups is 1. The maximum atomic E-state index is 12.0. The summed E-state index contributed by atoms with van der Waals surface area (Å²) < 4.78 is 0. The molecule has 1 saturated heterocycles. The Labute approximate surface area is 119 Å². The summed E-state index contributed by atoms with van der Waals surface area (Å²) in [5.74, 6) is 0.685. The first-order valence-corrected chi connectivity index (χ1v) is 7.29. The van der Waals surface area contributed by atoms with Crippen molar-refractivity contribution in [3.8, 4) is 0 Å². The first-order chi connectivity index (χ1) is 9.16. The number of carbonyl (C=O) groups excluding carboxylic acids is 1. The molecule has 0 spiro atoms. The molecule has 3 nitrogen and oxygen atoms in total. The average Bonchev–Trinajstić information content (AvgIpc) is 2.43. The van der Waals surface area contributed by atoms with Crippen molar-refractivity contribution in [1.29, 1.82) is 0 Å². The van der Waals surface area contributed by atoms with Crippen LogP contribution in [0, 0.1) is 12.8 Å². The highest BCUT2D eigenvalue weighted by molar-refractivity contribution is 6.31. The lowest BCUT2D eigenvalue weighted by molar-refractivity contribution is 0.0950. The largest absolute Gasteiger partial charge is 0.352 e. The second-order valence-electron chi connectivity index (χ2n) is 5.22. The molecule has 1 atom stereocenters. The summed E-state index contributed by atoms with van der Waals surface area (Å²) >= 11 is 5.95. The van der Waals surface area contributed by atoms with Gasteiger partial charge < -0.3 is 10.6 Å². The summed E-state index contributed by atoms with van der Waals surface area (Å²) in [7, 11) is 0. The van der Waals surface area contributed by atoms with Crippen LogP contribution in [0.1, 0.15) is 35.2 Å². The fraction of sp³-hybridized carbons (Fsp3) is 0.533. The molecule has 4 heteroatoms. The van der Waals surface area contributed by atoms with Gasteiger partial charge in [0.25, 0.3) is 5.91 Å². The van der Waals surface area contributed by atoms with E-state index in [-0.39, 0.29) is 5.91 Å². The van der Waals surface area contributed by atoms with Gasteiger partial charge >= 0.3 is 0 Å². The molecule has 1 heterocycles. The normalized spacial score (nSPS) is 19.2. The SMILES string of the molecule is Cc1cc(C(=O)NCCC2CCCNC2)ccc1Cl. The van der Waals surface area contributed by atoms with Crippen molar-refractivity contribution in [2.75, 3.05) is 19.6 Å². The van der Waals surface area contributed by atoms with E-state index in [2.05, 4.69) is 10.6 Å². The molecule has 2 N–H and O–H groups in total. The predicted octanol–water partition coefficient (Wildman–Crippen LogP) is 2.77. The molecule has 0 aliphatic carbocycles. The summed E-state index contributed by atoms with van der Waals surface area (Å²) in [4.78, 5) is 12.0. The van der Waals surface area contributed by atoms with Crippen molar-refractivity contribution in [3.63, 3.8) is 0 Å². The van der Waals surface area contributed by atoms with Crippen molar-refractivity contribution < 1.29 is 4.79 Å². The van der Waals surface area contributed by atoms with Gasteiger partial charge in [0.15, 0.2) is 0 Å². The molecule has 1 unspecified atom stereocenters. The van der Waals surface area contributed by atoms with E-state index < -0.39 is 0 Å². The fourth-order valence-electron chi connectivity index (χ4n) is 2.45. The molecular formula is C15H21ClN2O. The van der Waals surface area contributed by atoms with Crippen molar-refractivity contribution in [2.45, 2.75) is 26.2 Å². The lowest BCUT2D eigenvalue weighted by Crippen LogP contribution is -2.33. The zero-order valence-electron chi connectivity index (χ0n) is 11.3. The number of nitrogens with one attached hydrogen (secondary N) is 2. The molecule has 1 aliphatic rings. The van der Waals surface area contributed by atoms with Gasteiger partial charge in [-0.15, -0.1) is 0 Å². The lowest BCUT2D eigenvalue weighted by Gasteiger charge is -2.22. The van der Waals surface area contributed by atoms with E-state index >= 15 is 0 Å². The zero-order valence-corrected chi connectivity index (χ0v) is 12.1. The Balaban J connectivity index is 1.78. The molecule has 1 aliphatic heterocycles. The van der Waals surface area contributed by atoms with Gasteiger partial charge in [-0.3, -0.25) is 4.79 Å². The van der Waals surface area contributed by atoms with E-state index in [1.54, 1.807) is 12.1 Å². The van der Waals surface area contributed by atoms with Crippen LogP contribution < -0.4 is 10.6 Å². The van der Waals surface area contributed by atoms with Gasteiger partial charge in [0.2, 0.25) is 0 Å². The number of halogens is 1. The molecule has 0 aromatic heterocycles. The highest BCUT2D eigenvalue weighted by Gasteiger charge is 2.13. The summed E-state index contributed by atoms with van der Waals surface area (Å²) in [6, 6.07) is 5.38. The third-order valence-corrected chi connectivity index (χ3v) is 4.08. The second kappa shape index (κ2) is 6.92. The Morgan fingerprint density at radius 2 is 2.37 bits per heavy atom. The van der Waals surface area contributed by atoms with Gasteiger partial charge in [-0.25, -0.2) is 0 Å². The molecule has 104 valence electrons. The van der Waals surface area contributed by atoms with Gasteiger partial charge in [-0.1, -0.05) is 11.6 Å². The third-order valence-electron chi connectivity index (χ3n) is 3.66. The van der Waals surface area contributed by atoms with E-state index in [0.717, 1.165) is 31.6 Å². The van der Waals surface area contributed by atoms with E-state index in [0.29, 0.717) is 16.5 Å². The van der Waals surface area contributed by atoms with Gasteiger partial charge in [-0.2, -0.15) is 0 Å². The minimum absolute atomic E-state index is 0.0106. The van der Waals surface area contributed by atoms with Crippen LogP contribution >= 0.6 is 11.6 Å². The van der Waals surface area contributed by atoms with E-state index in [4.69, 9.17) is 11.6 Å². The number of hydrogen-bond acceptors (Lipinski definition) is 2. The number of aryl methyl sites for hydroxylation is 1. The number of hydrogen-bond donors (Lipinski definition) is 2. The zero-order chi connectivity index (χ0) is 13.7. The van der Waals surface area contributed by atoms with Crippen LogP contribution in [0.3, 0.4) is 0 Å². The van der Waals surface area contributed by atoms with Crippen LogP contribution in [0.25, 0.3) is 0 Å². The van der Waals surface area contributed by atoms with Crippen molar-refractivity contribution in [3.05, 3.63) is 34.3 Å². The molecule has 1 aromatic rings. The average molecular weight is 281 g/mol. The van der Waals surface area contributed by atoms with Crippen LogP contribution in [0.5, 0.6) is 0 Å². The van der Waals surface area contributed by atoms with E-state index in [9.17, 15) is 4.79 Å². The Morgan fingerprint density at radius 1 is 1.53 bits per heavy atom. The van der Waals surface area contributed by atoms with Gasteiger partial charge in [0.1, 0.15) is 0 Å². The Kier molecular flexibility index (Phi) is 5.23. The van der Waals surface area contributed by atoms with E-state index in [1.807, 2.05) is 13.0 Å². The monoisotopic (exact) mass is 280 g/mol. The Hall–Kier alpha value is -1.06. The number of piperidine rings is 1. The molecule has 0 bridgehead atoms. The number of amides is 1. The summed E-state index contributed by atoms with van der Waals surface area (Å²) in [5.41, 5.74) is 1.62. The van der Waals surface area contributed by atoms with Crippen LogP contribution in [-0.4, -0.2) is 25.5 Å². The number of rotatable bonds is 4. The van der Waals surface area contributed by atoms with Gasteiger partial charge in [-0.05, 0) is 69.0 Å². The quantitative estimate of drug-likeness (QED) is 0.890. The second-order valence-corrected chi connectivity index (χ2v) is 5.63. The lowest BCUT2D eigenvalue weighted by atomic mass is 9.96. The minimum Gasteiger partial charge on any atom is -0.352 e.